The minimum Gasteiger partial charge on any atom is -0.299 e. The number of fused-ring (bicyclic) bond motifs is 1. The van der Waals surface area contributed by atoms with Gasteiger partial charge in [-0.1, -0.05) is 54.1 Å². The Kier molecular flexibility index (Phi) is 5.81. The fraction of sp³-hybridized carbons (Fsp3) is 0.259. The van der Waals surface area contributed by atoms with Gasteiger partial charge in [0, 0.05) is 18.1 Å². The van der Waals surface area contributed by atoms with Gasteiger partial charge < -0.3 is 0 Å². The summed E-state index contributed by atoms with van der Waals surface area (Å²) in [7, 11) is 0. The zero-order valence-electron chi connectivity index (χ0n) is 17.9. The summed E-state index contributed by atoms with van der Waals surface area (Å²) < 4.78 is 0. The van der Waals surface area contributed by atoms with E-state index in [1.165, 1.54) is 36.4 Å². The summed E-state index contributed by atoms with van der Waals surface area (Å²) in [4.78, 5) is 29.7. The van der Waals surface area contributed by atoms with Crippen LogP contribution in [0.25, 0.3) is 11.1 Å². The predicted molar refractivity (Wildman–Crippen MR) is 127 cm³/mol. The maximum Gasteiger partial charge on any atom is 0.261 e. The van der Waals surface area contributed by atoms with Gasteiger partial charge in [0.15, 0.2) is 0 Å². The van der Waals surface area contributed by atoms with Crippen LogP contribution >= 0.6 is 11.6 Å². The second-order valence-corrected chi connectivity index (χ2v) is 9.02. The quantitative estimate of drug-likeness (QED) is 0.475. The van der Waals surface area contributed by atoms with Gasteiger partial charge >= 0.3 is 0 Å². The highest BCUT2D eigenvalue weighted by atomic mass is 35.5. The summed E-state index contributed by atoms with van der Waals surface area (Å²) in [5, 5.41) is 0.663. The van der Waals surface area contributed by atoms with E-state index in [2.05, 4.69) is 29.2 Å². The van der Waals surface area contributed by atoms with Crippen molar-refractivity contribution in [3.63, 3.8) is 0 Å². The monoisotopic (exact) mass is 444 g/mol. The van der Waals surface area contributed by atoms with Gasteiger partial charge in [-0.3, -0.25) is 19.4 Å². The van der Waals surface area contributed by atoms with E-state index in [4.69, 9.17) is 11.6 Å². The number of carbonyl (C=O) groups is 2. The molecule has 3 aromatic rings. The summed E-state index contributed by atoms with van der Waals surface area (Å²) >= 11 is 5.98. The molecule has 0 saturated carbocycles. The average molecular weight is 445 g/mol. The minimum atomic E-state index is -0.216. The highest BCUT2D eigenvalue weighted by Gasteiger charge is 2.35. The molecule has 0 N–H and O–H groups in total. The molecule has 0 atom stereocenters. The second-order valence-electron chi connectivity index (χ2n) is 8.58. The molecule has 0 aromatic heterocycles. The van der Waals surface area contributed by atoms with Crippen molar-refractivity contribution in [1.29, 1.82) is 0 Å². The van der Waals surface area contributed by atoms with Crippen LogP contribution < -0.4 is 0 Å². The van der Waals surface area contributed by atoms with Crippen molar-refractivity contribution in [2.75, 3.05) is 19.6 Å². The Morgan fingerprint density at radius 2 is 1.34 bits per heavy atom. The number of rotatable bonds is 6. The number of likely N-dealkylation sites (tertiary alicyclic amines) is 1. The van der Waals surface area contributed by atoms with Crippen molar-refractivity contribution in [2.45, 2.75) is 25.8 Å². The molecule has 2 aliphatic heterocycles. The number of imide groups is 1. The molecular weight excluding hydrogens is 420 g/mol. The Labute approximate surface area is 193 Å². The third kappa shape index (κ3) is 4.21. The SMILES string of the molecule is O=C1c2ccc(-c3ccc(Cl)cc3)cc2C(=O)N1CCc1ccc(CN2CCCC2)cc1. The van der Waals surface area contributed by atoms with E-state index in [0.717, 1.165) is 23.2 Å². The maximum absolute atomic E-state index is 13.0. The normalized spacial score (nSPS) is 16.1. The highest BCUT2D eigenvalue weighted by Crippen LogP contribution is 2.29. The van der Waals surface area contributed by atoms with E-state index in [1.807, 2.05) is 36.4 Å². The molecule has 2 heterocycles. The molecule has 2 aliphatic rings. The molecule has 5 heteroatoms. The summed E-state index contributed by atoms with van der Waals surface area (Å²) in [5.74, 6) is -0.426. The van der Waals surface area contributed by atoms with E-state index >= 15 is 0 Å². The molecule has 0 spiro atoms. The third-order valence-electron chi connectivity index (χ3n) is 6.40. The zero-order valence-corrected chi connectivity index (χ0v) is 18.6. The number of hydrogen-bond donors (Lipinski definition) is 0. The molecular formula is C27H25ClN2O2. The number of benzene rings is 3. The summed E-state index contributed by atoms with van der Waals surface area (Å²) in [6, 6.07) is 21.5. The van der Waals surface area contributed by atoms with E-state index in [0.29, 0.717) is 29.1 Å². The fourth-order valence-corrected chi connectivity index (χ4v) is 4.69. The lowest BCUT2D eigenvalue weighted by molar-refractivity contribution is 0.0656. The number of amides is 2. The average Bonchev–Trinajstić information content (AvgIpc) is 3.40. The van der Waals surface area contributed by atoms with E-state index in [9.17, 15) is 9.59 Å². The van der Waals surface area contributed by atoms with Crippen LogP contribution in [-0.4, -0.2) is 41.2 Å². The number of hydrogen-bond acceptors (Lipinski definition) is 3. The smallest absolute Gasteiger partial charge is 0.261 e. The molecule has 4 nitrogen and oxygen atoms in total. The third-order valence-corrected chi connectivity index (χ3v) is 6.65. The lowest BCUT2D eigenvalue weighted by Gasteiger charge is -2.16. The van der Waals surface area contributed by atoms with Crippen LogP contribution in [0.1, 0.15) is 44.7 Å². The fourth-order valence-electron chi connectivity index (χ4n) is 4.57. The highest BCUT2D eigenvalue weighted by molar-refractivity contribution is 6.30. The second kappa shape index (κ2) is 8.89. The summed E-state index contributed by atoms with van der Waals surface area (Å²) in [6.07, 6.45) is 3.23. The van der Waals surface area contributed by atoms with Crippen molar-refractivity contribution in [1.82, 2.24) is 9.80 Å². The maximum atomic E-state index is 13.0. The van der Waals surface area contributed by atoms with Crippen LogP contribution in [0.4, 0.5) is 0 Å². The molecule has 0 unspecified atom stereocenters. The molecule has 1 fully saturated rings. The first kappa shape index (κ1) is 20.9. The first-order valence-corrected chi connectivity index (χ1v) is 11.5. The van der Waals surface area contributed by atoms with Crippen LogP contribution in [0.3, 0.4) is 0 Å². The number of nitrogens with zero attached hydrogens (tertiary/aromatic N) is 2. The first-order valence-electron chi connectivity index (χ1n) is 11.1. The topological polar surface area (TPSA) is 40.6 Å². The van der Waals surface area contributed by atoms with Gasteiger partial charge in [-0.25, -0.2) is 0 Å². The van der Waals surface area contributed by atoms with Gasteiger partial charge in [-0.05, 0) is 78.9 Å². The van der Waals surface area contributed by atoms with Crippen molar-refractivity contribution in [2.24, 2.45) is 0 Å². The molecule has 5 rings (SSSR count). The molecule has 0 aliphatic carbocycles. The number of halogens is 1. The molecule has 1 saturated heterocycles. The van der Waals surface area contributed by atoms with Crippen LogP contribution in [-0.2, 0) is 13.0 Å². The van der Waals surface area contributed by atoms with Crippen molar-refractivity contribution < 1.29 is 9.59 Å². The van der Waals surface area contributed by atoms with Crippen molar-refractivity contribution >= 4 is 23.4 Å². The van der Waals surface area contributed by atoms with Crippen molar-refractivity contribution in [3.8, 4) is 11.1 Å². The predicted octanol–water partition coefficient (Wildman–Crippen LogP) is 5.44. The molecule has 32 heavy (non-hydrogen) atoms. The minimum absolute atomic E-state index is 0.210. The van der Waals surface area contributed by atoms with Crippen LogP contribution in [0.5, 0.6) is 0 Å². The van der Waals surface area contributed by atoms with E-state index in [1.54, 1.807) is 6.07 Å². The Morgan fingerprint density at radius 3 is 2.06 bits per heavy atom. The number of carbonyl (C=O) groups excluding carboxylic acids is 2. The van der Waals surface area contributed by atoms with Gasteiger partial charge in [-0.2, -0.15) is 0 Å². The van der Waals surface area contributed by atoms with Gasteiger partial charge in [0.2, 0.25) is 0 Å². The summed E-state index contributed by atoms with van der Waals surface area (Å²) in [6.45, 7) is 3.74. The van der Waals surface area contributed by atoms with Crippen LogP contribution in [0.15, 0.2) is 66.7 Å². The lowest BCUT2D eigenvalue weighted by atomic mass is 10.0. The van der Waals surface area contributed by atoms with Gasteiger partial charge in [0.05, 0.1) is 11.1 Å². The van der Waals surface area contributed by atoms with Gasteiger partial charge in [0.25, 0.3) is 11.8 Å². The molecule has 0 bridgehead atoms. The van der Waals surface area contributed by atoms with Crippen LogP contribution in [0.2, 0.25) is 5.02 Å². The van der Waals surface area contributed by atoms with Crippen molar-refractivity contribution in [3.05, 3.63) is 94.0 Å². The molecule has 162 valence electrons. The summed E-state index contributed by atoms with van der Waals surface area (Å²) in [5.41, 5.74) is 5.26. The largest absolute Gasteiger partial charge is 0.299 e. The van der Waals surface area contributed by atoms with Gasteiger partial charge in [0.1, 0.15) is 0 Å². The van der Waals surface area contributed by atoms with Gasteiger partial charge in [-0.15, -0.1) is 0 Å². The molecule has 0 radical (unpaired) electrons. The standard InChI is InChI=1S/C27H25ClN2O2/c28-23-10-7-21(8-11-23)22-9-12-24-25(17-22)27(32)30(26(24)31)16-13-19-3-5-20(6-4-19)18-29-14-1-2-15-29/h3-12,17H,1-2,13-16,18H2. The van der Waals surface area contributed by atoms with Crippen LogP contribution in [0, 0.1) is 0 Å². The molecule has 3 aromatic carbocycles. The molecule has 2 amide bonds. The Bertz CT molecular complexity index is 1150. The Morgan fingerprint density at radius 1 is 0.719 bits per heavy atom. The Balaban J connectivity index is 1.25. The lowest BCUT2D eigenvalue weighted by Crippen LogP contribution is -2.31. The van der Waals surface area contributed by atoms with E-state index < -0.39 is 0 Å². The first-order chi connectivity index (χ1) is 15.6. The van der Waals surface area contributed by atoms with E-state index in [-0.39, 0.29) is 11.8 Å². The Hall–Kier alpha value is -2.95. The zero-order chi connectivity index (χ0) is 22.1.